The summed E-state index contributed by atoms with van der Waals surface area (Å²) in [5, 5.41) is 10.3. The molecule has 2 aromatic rings. The lowest BCUT2D eigenvalue weighted by atomic mass is 10.1. The van der Waals surface area contributed by atoms with Gasteiger partial charge >= 0.3 is 0 Å². The third-order valence-corrected chi connectivity index (χ3v) is 3.64. The van der Waals surface area contributed by atoms with Crippen LogP contribution in [0.2, 0.25) is 0 Å². The van der Waals surface area contributed by atoms with Gasteiger partial charge in [0.15, 0.2) is 0 Å². The van der Waals surface area contributed by atoms with E-state index >= 15 is 0 Å². The first-order chi connectivity index (χ1) is 9.52. The predicted octanol–water partition coefficient (Wildman–Crippen LogP) is 2.03. The van der Waals surface area contributed by atoms with Gasteiger partial charge in [-0.05, 0) is 27.0 Å². The van der Waals surface area contributed by atoms with E-state index in [-0.39, 0.29) is 11.9 Å². The van der Waals surface area contributed by atoms with Crippen LogP contribution in [0.3, 0.4) is 0 Å². The average molecular weight is 291 g/mol. The SMILES string of the molecule is CSc1nc(C)nc(C)c1C(=O)NC(C)c1cn[nH]c1. The van der Waals surface area contributed by atoms with Crippen LogP contribution in [0.15, 0.2) is 17.4 Å². The van der Waals surface area contributed by atoms with Crippen molar-refractivity contribution in [2.75, 3.05) is 6.26 Å². The van der Waals surface area contributed by atoms with E-state index in [0.717, 1.165) is 5.56 Å². The molecule has 0 saturated carbocycles. The van der Waals surface area contributed by atoms with Gasteiger partial charge in [-0.15, -0.1) is 11.8 Å². The molecule has 0 aromatic carbocycles. The van der Waals surface area contributed by atoms with Gasteiger partial charge in [-0.25, -0.2) is 9.97 Å². The summed E-state index contributed by atoms with van der Waals surface area (Å²) in [6.07, 6.45) is 5.36. The monoisotopic (exact) mass is 291 g/mol. The number of hydrogen-bond acceptors (Lipinski definition) is 5. The number of rotatable bonds is 4. The van der Waals surface area contributed by atoms with Crippen LogP contribution in [-0.4, -0.2) is 32.3 Å². The Morgan fingerprint density at radius 2 is 2.15 bits per heavy atom. The summed E-state index contributed by atoms with van der Waals surface area (Å²) in [6, 6.07) is -0.128. The van der Waals surface area contributed by atoms with Crippen molar-refractivity contribution in [3.8, 4) is 0 Å². The molecule has 6 nitrogen and oxygen atoms in total. The molecule has 2 N–H and O–H groups in total. The van der Waals surface area contributed by atoms with Crippen molar-refractivity contribution in [3.63, 3.8) is 0 Å². The Hall–Kier alpha value is -1.89. The second kappa shape index (κ2) is 6.04. The number of carbonyl (C=O) groups excluding carboxylic acids is 1. The number of amides is 1. The standard InChI is InChI=1S/C13H17N5OS/c1-7(10-5-14-15-6-10)17-12(19)11-8(2)16-9(3)18-13(11)20-4/h5-7H,1-4H3,(H,14,15)(H,17,19). The molecule has 0 bridgehead atoms. The zero-order valence-corrected chi connectivity index (χ0v) is 12.7. The highest BCUT2D eigenvalue weighted by atomic mass is 32.2. The van der Waals surface area contributed by atoms with Crippen molar-refractivity contribution >= 4 is 17.7 Å². The Morgan fingerprint density at radius 3 is 2.75 bits per heavy atom. The number of aromatic nitrogens is 4. The summed E-state index contributed by atoms with van der Waals surface area (Å²) in [5.74, 6) is 0.506. The topological polar surface area (TPSA) is 83.6 Å². The van der Waals surface area contributed by atoms with Crippen LogP contribution in [0.4, 0.5) is 0 Å². The van der Waals surface area contributed by atoms with E-state index in [2.05, 4.69) is 25.5 Å². The zero-order chi connectivity index (χ0) is 14.7. The van der Waals surface area contributed by atoms with Gasteiger partial charge in [-0.3, -0.25) is 9.89 Å². The van der Waals surface area contributed by atoms with Crippen LogP contribution < -0.4 is 5.32 Å². The number of aromatic amines is 1. The normalized spacial score (nSPS) is 12.2. The van der Waals surface area contributed by atoms with Gasteiger partial charge in [-0.1, -0.05) is 0 Å². The minimum Gasteiger partial charge on any atom is -0.345 e. The van der Waals surface area contributed by atoms with E-state index in [1.54, 1.807) is 12.4 Å². The fourth-order valence-electron chi connectivity index (χ4n) is 1.94. The number of nitrogens with one attached hydrogen (secondary N) is 2. The van der Waals surface area contributed by atoms with E-state index < -0.39 is 0 Å². The Bertz CT molecular complexity index is 611. The van der Waals surface area contributed by atoms with Crippen molar-refractivity contribution in [2.45, 2.75) is 31.8 Å². The molecule has 106 valence electrons. The van der Waals surface area contributed by atoms with Crippen molar-refractivity contribution < 1.29 is 4.79 Å². The highest BCUT2D eigenvalue weighted by Crippen LogP contribution is 2.21. The lowest BCUT2D eigenvalue weighted by Gasteiger charge is -2.15. The molecule has 0 aliphatic carbocycles. The molecule has 0 radical (unpaired) electrons. The maximum absolute atomic E-state index is 12.4. The Morgan fingerprint density at radius 1 is 1.40 bits per heavy atom. The van der Waals surface area contributed by atoms with E-state index in [1.165, 1.54) is 11.8 Å². The van der Waals surface area contributed by atoms with Gasteiger partial charge in [0.2, 0.25) is 0 Å². The van der Waals surface area contributed by atoms with E-state index in [9.17, 15) is 4.79 Å². The summed E-state index contributed by atoms with van der Waals surface area (Å²) in [4.78, 5) is 21.0. The maximum atomic E-state index is 12.4. The third kappa shape index (κ3) is 2.98. The summed E-state index contributed by atoms with van der Waals surface area (Å²) in [7, 11) is 0. The molecular weight excluding hydrogens is 274 g/mol. The summed E-state index contributed by atoms with van der Waals surface area (Å²) >= 11 is 1.45. The Kier molecular flexibility index (Phi) is 4.39. The quantitative estimate of drug-likeness (QED) is 0.665. The van der Waals surface area contributed by atoms with Crippen LogP contribution in [0.25, 0.3) is 0 Å². The molecule has 1 unspecified atom stereocenters. The van der Waals surface area contributed by atoms with Crippen LogP contribution in [0.5, 0.6) is 0 Å². The fraction of sp³-hybridized carbons (Fsp3) is 0.385. The van der Waals surface area contributed by atoms with Gasteiger partial charge in [0.1, 0.15) is 10.9 Å². The highest BCUT2D eigenvalue weighted by Gasteiger charge is 2.19. The predicted molar refractivity (Wildman–Crippen MR) is 77.8 cm³/mol. The largest absolute Gasteiger partial charge is 0.345 e. The van der Waals surface area contributed by atoms with Crippen LogP contribution in [0.1, 0.15) is 40.4 Å². The van der Waals surface area contributed by atoms with Gasteiger partial charge < -0.3 is 5.32 Å². The van der Waals surface area contributed by atoms with E-state index in [1.807, 2.05) is 27.0 Å². The second-order valence-electron chi connectivity index (χ2n) is 4.47. The molecule has 1 atom stereocenters. The molecule has 7 heteroatoms. The Labute approximate surface area is 121 Å². The lowest BCUT2D eigenvalue weighted by molar-refractivity contribution is 0.0935. The van der Waals surface area contributed by atoms with Crippen LogP contribution in [0, 0.1) is 13.8 Å². The van der Waals surface area contributed by atoms with Gasteiger partial charge in [-0.2, -0.15) is 5.10 Å². The fourth-order valence-corrected chi connectivity index (χ4v) is 2.61. The number of nitrogens with zero attached hydrogens (tertiary/aromatic N) is 3. The minimum atomic E-state index is -0.166. The number of H-pyrrole nitrogens is 1. The highest BCUT2D eigenvalue weighted by molar-refractivity contribution is 7.98. The first kappa shape index (κ1) is 14.5. The van der Waals surface area contributed by atoms with Crippen molar-refractivity contribution in [1.29, 1.82) is 0 Å². The number of thioether (sulfide) groups is 1. The molecule has 2 rings (SSSR count). The average Bonchev–Trinajstić information content (AvgIpc) is 2.91. The number of aryl methyl sites for hydroxylation is 2. The molecular formula is C13H17N5OS. The molecule has 0 fully saturated rings. The van der Waals surface area contributed by atoms with Crippen molar-refractivity contribution in [3.05, 3.63) is 35.0 Å². The molecule has 2 aromatic heterocycles. The number of carbonyl (C=O) groups is 1. The third-order valence-electron chi connectivity index (χ3n) is 2.96. The van der Waals surface area contributed by atoms with E-state index in [0.29, 0.717) is 22.1 Å². The molecule has 2 heterocycles. The van der Waals surface area contributed by atoms with Crippen molar-refractivity contribution in [1.82, 2.24) is 25.5 Å². The molecule has 1 amide bonds. The molecule has 0 spiro atoms. The molecule has 0 saturated heterocycles. The summed E-state index contributed by atoms with van der Waals surface area (Å²) < 4.78 is 0. The van der Waals surface area contributed by atoms with Gasteiger partial charge in [0.25, 0.3) is 5.91 Å². The maximum Gasteiger partial charge on any atom is 0.256 e. The number of hydrogen-bond donors (Lipinski definition) is 2. The first-order valence-electron chi connectivity index (χ1n) is 6.21. The Balaban J connectivity index is 2.25. The second-order valence-corrected chi connectivity index (χ2v) is 5.26. The van der Waals surface area contributed by atoms with Gasteiger partial charge in [0.05, 0.1) is 23.5 Å². The van der Waals surface area contributed by atoms with E-state index in [4.69, 9.17) is 0 Å². The van der Waals surface area contributed by atoms with Crippen molar-refractivity contribution in [2.24, 2.45) is 0 Å². The molecule has 0 aliphatic rings. The minimum absolute atomic E-state index is 0.128. The van der Waals surface area contributed by atoms with Crippen LogP contribution >= 0.6 is 11.8 Å². The summed E-state index contributed by atoms with van der Waals surface area (Å²) in [6.45, 7) is 5.56. The lowest BCUT2D eigenvalue weighted by Crippen LogP contribution is -2.28. The smallest absolute Gasteiger partial charge is 0.256 e. The molecule has 0 aliphatic heterocycles. The first-order valence-corrected chi connectivity index (χ1v) is 7.44. The summed E-state index contributed by atoms with van der Waals surface area (Å²) in [5.41, 5.74) is 2.16. The zero-order valence-electron chi connectivity index (χ0n) is 11.9. The van der Waals surface area contributed by atoms with Crippen LogP contribution in [-0.2, 0) is 0 Å². The molecule has 20 heavy (non-hydrogen) atoms. The van der Waals surface area contributed by atoms with Gasteiger partial charge in [0, 0.05) is 11.8 Å².